The van der Waals surface area contributed by atoms with Gasteiger partial charge in [0.1, 0.15) is 0 Å². The molecule has 14 heavy (non-hydrogen) atoms. The third kappa shape index (κ3) is 1.76. The van der Waals surface area contributed by atoms with Gasteiger partial charge in [0.05, 0.1) is 5.69 Å². The molecule has 0 aromatic carbocycles. The van der Waals surface area contributed by atoms with E-state index in [-0.39, 0.29) is 11.3 Å². The summed E-state index contributed by atoms with van der Waals surface area (Å²) in [5.41, 5.74) is 2.18. The van der Waals surface area contributed by atoms with Crippen LogP contribution in [-0.4, -0.2) is 14.9 Å². The minimum atomic E-state index is 0.0370. The van der Waals surface area contributed by atoms with E-state index in [1.54, 1.807) is 0 Å². The maximum Gasteiger partial charge on any atom is 0.233 e. The molecule has 80 valence electrons. The van der Waals surface area contributed by atoms with Gasteiger partial charge >= 0.3 is 0 Å². The SMILES string of the molecule is CCc1c(O)nn(CC)c1C(C)(C)C. The molecule has 0 aliphatic heterocycles. The molecule has 1 N–H and O–H groups in total. The van der Waals surface area contributed by atoms with Gasteiger partial charge in [-0.05, 0) is 13.3 Å². The molecule has 3 nitrogen and oxygen atoms in total. The Bertz CT molecular complexity index is 321. The lowest BCUT2D eigenvalue weighted by Crippen LogP contribution is -2.19. The van der Waals surface area contributed by atoms with Crippen molar-refractivity contribution < 1.29 is 5.11 Å². The second-order valence-electron chi connectivity index (χ2n) is 4.57. The zero-order valence-corrected chi connectivity index (χ0v) is 9.76. The van der Waals surface area contributed by atoms with E-state index in [2.05, 4.69) is 25.9 Å². The Hall–Kier alpha value is -0.990. The zero-order chi connectivity index (χ0) is 10.9. The first-order valence-corrected chi connectivity index (χ1v) is 5.20. The summed E-state index contributed by atoms with van der Waals surface area (Å²) in [6.07, 6.45) is 0.832. The van der Waals surface area contributed by atoms with Gasteiger partial charge in [-0.25, -0.2) is 0 Å². The van der Waals surface area contributed by atoms with E-state index in [0.717, 1.165) is 24.2 Å². The van der Waals surface area contributed by atoms with Crippen LogP contribution in [0.2, 0.25) is 0 Å². The molecule has 1 aromatic heterocycles. The van der Waals surface area contributed by atoms with Crippen molar-refractivity contribution >= 4 is 0 Å². The van der Waals surface area contributed by atoms with Crippen molar-refractivity contribution in [3.63, 3.8) is 0 Å². The van der Waals surface area contributed by atoms with E-state index >= 15 is 0 Å². The Balaban J connectivity index is 3.36. The topological polar surface area (TPSA) is 38.1 Å². The molecule has 0 saturated carbocycles. The first kappa shape index (κ1) is 11.1. The van der Waals surface area contributed by atoms with Gasteiger partial charge in [-0.15, -0.1) is 5.10 Å². The fraction of sp³-hybridized carbons (Fsp3) is 0.727. The van der Waals surface area contributed by atoms with Gasteiger partial charge in [-0.3, -0.25) is 4.68 Å². The quantitative estimate of drug-likeness (QED) is 0.789. The molecule has 0 fully saturated rings. The van der Waals surface area contributed by atoms with Crippen molar-refractivity contribution in [2.45, 2.75) is 53.0 Å². The summed E-state index contributed by atoms with van der Waals surface area (Å²) in [4.78, 5) is 0. The van der Waals surface area contributed by atoms with Gasteiger partial charge in [0, 0.05) is 17.5 Å². The molecule has 0 saturated heterocycles. The van der Waals surface area contributed by atoms with Crippen LogP contribution in [0.5, 0.6) is 5.88 Å². The minimum Gasteiger partial charge on any atom is -0.492 e. The largest absolute Gasteiger partial charge is 0.492 e. The maximum atomic E-state index is 9.67. The summed E-state index contributed by atoms with van der Waals surface area (Å²) in [7, 11) is 0. The number of hydrogen-bond acceptors (Lipinski definition) is 2. The van der Waals surface area contributed by atoms with Crippen molar-refractivity contribution in [1.82, 2.24) is 9.78 Å². The van der Waals surface area contributed by atoms with E-state index in [0.29, 0.717) is 0 Å². The molecule has 0 amide bonds. The lowest BCUT2D eigenvalue weighted by molar-refractivity contribution is 0.432. The number of aromatic hydroxyl groups is 1. The first-order chi connectivity index (χ1) is 6.41. The molecule has 3 heteroatoms. The lowest BCUT2D eigenvalue weighted by atomic mass is 9.88. The Kier molecular flexibility index (Phi) is 2.88. The third-order valence-electron chi connectivity index (χ3n) is 2.39. The number of aryl methyl sites for hydroxylation is 1. The normalized spacial score (nSPS) is 12.1. The number of nitrogens with zero attached hydrogens (tertiary/aromatic N) is 2. The fourth-order valence-electron chi connectivity index (χ4n) is 1.88. The molecular formula is C11H20N2O. The Morgan fingerprint density at radius 1 is 1.29 bits per heavy atom. The second-order valence-corrected chi connectivity index (χ2v) is 4.57. The van der Waals surface area contributed by atoms with Crippen molar-refractivity contribution in [3.05, 3.63) is 11.3 Å². The third-order valence-corrected chi connectivity index (χ3v) is 2.39. The summed E-state index contributed by atoms with van der Waals surface area (Å²) in [6, 6.07) is 0. The van der Waals surface area contributed by atoms with E-state index in [1.807, 2.05) is 18.5 Å². The highest BCUT2D eigenvalue weighted by Crippen LogP contribution is 2.31. The summed E-state index contributed by atoms with van der Waals surface area (Å²) in [5, 5.41) is 13.8. The van der Waals surface area contributed by atoms with Crippen LogP contribution in [-0.2, 0) is 18.4 Å². The summed E-state index contributed by atoms with van der Waals surface area (Å²) < 4.78 is 1.90. The van der Waals surface area contributed by atoms with Gasteiger partial charge in [0.15, 0.2) is 0 Å². The minimum absolute atomic E-state index is 0.0370. The highest BCUT2D eigenvalue weighted by Gasteiger charge is 2.25. The van der Waals surface area contributed by atoms with Crippen molar-refractivity contribution in [2.75, 3.05) is 0 Å². The lowest BCUT2D eigenvalue weighted by Gasteiger charge is -2.21. The van der Waals surface area contributed by atoms with Crippen LogP contribution in [0.15, 0.2) is 0 Å². The zero-order valence-electron chi connectivity index (χ0n) is 9.76. The standard InChI is InChI=1S/C11H20N2O/c1-6-8-9(11(3,4)5)13(7-2)12-10(8)14/h6-7H2,1-5H3,(H,12,14). The maximum absolute atomic E-state index is 9.67. The molecule has 0 atom stereocenters. The number of rotatable bonds is 2. The van der Waals surface area contributed by atoms with Gasteiger partial charge in [0.2, 0.25) is 5.88 Å². The van der Waals surface area contributed by atoms with E-state index < -0.39 is 0 Å². The van der Waals surface area contributed by atoms with Crippen molar-refractivity contribution in [1.29, 1.82) is 0 Å². The van der Waals surface area contributed by atoms with Crippen LogP contribution in [0, 0.1) is 0 Å². The van der Waals surface area contributed by atoms with Crippen LogP contribution >= 0.6 is 0 Å². The van der Waals surface area contributed by atoms with Crippen LogP contribution < -0.4 is 0 Å². The van der Waals surface area contributed by atoms with E-state index in [4.69, 9.17) is 0 Å². The predicted molar refractivity (Wildman–Crippen MR) is 57.6 cm³/mol. The van der Waals surface area contributed by atoms with Crippen LogP contribution in [0.25, 0.3) is 0 Å². The second kappa shape index (κ2) is 3.64. The summed E-state index contributed by atoms with van der Waals surface area (Å²) in [5.74, 6) is 0.194. The molecule has 0 spiro atoms. The Morgan fingerprint density at radius 2 is 1.86 bits per heavy atom. The molecule has 1 rings (SSSR count). The van der Waals surface area contributed by atoms with Gasteiger partial charge in [-0.2, -0.15) is 0 Å². The average molecular weight is 196 g/mol. The van der Waals surface area contributed by atoms with Crippen LogP contribution in [0.4, 0.5) is 0 Å². The number of hydrogen-bond donors (Lipinski definition) is 1. The Morgan fingerprint density at radius 3 is 2.21 bits per heavy atom. The smallest absolute Gasteiger partial charge is 0.233 e. The molecule has 0 radical (unpaired) electrons. The summed E-state index contributed by atoms with van der Waals surface area (Å²) in [6.45, 7) is 11.3. The van der Waals surface area contributed by atoms with Crippen LogP contribution in [0.3, 0.4) is 0 Å². The first-order valence-electron chi connectivity index (χ1n) is 5.20. The molecule has 1 aromatic rings. The summed E-state index contributed by atoms with van der Waals surface area (Å²) >= 11 is 0. The average Bonchev–Trinajstić information content (AvgIpc) is 2.40. The monoisotopic (exact) mass is 196 g/mol. The highest BCUT2D eigenvalue weighted by molar-refractivity contribution is 5.34. The number of aromatic nitrogens is 2. The van der Waals surface area contributed by atoms with E-state index in [1.165, 1.54) is 0 Å². The Labute approximate surface area is 85.8 Å². The van der Waals surface area contributed by atoms with Crippen LogP contribution in [0.1, 0.15) is 45.9 Å². The fourth-order valence-corrected chi connectivity index (χ4v) is 1.88. The van der Waals surface area contributed by atoms with Gasteiger partial charge in [-0.1, -0.05) is 27.7 Å². The van der Waals surface area contributed by atoms with Gasteiger partial charge in [0.25, 0.3) is 0 Å². The molecule has 0 unspecified atom stereocenters. The molecule has 1 heterocycles. The van der Waals surface area contributed by atoms with E-state index in [9.17, 15) is 5.11 Å². The highest BCUT2D eigenvalue weighted by atomic mass is 16.3. The molecular weight excluding hydrogens is 176 g/mol. The molecule has 0 bridgehead atoms. The predicted octanol–water partition coefficient (Wildman–Crippen LogP) is 2.47. The van der Waals surface area contributed by atoms with Crippen molar-refractivity contribution in [2.24, 2.45) is 0 Å². The molecule has 0 aliphatic rings. The van der Waals surface area contributed by atoms with Gasteiger partial charge < -0.3 is 5.11 Å². The molecule has 0 aliphatic carbocycles. The van der Waals surface area contributed by atoms with Crippen molar-refractivity contribution in [3.8, 4) is 5.88 Å².